The maximum atomic E-state index is 12.2. The maximum absolute atomic E-state index is 12.2. The average molecular weight is 352 g/mol. The van der Waals surface area contributed by atoms with Gasteiger partial charge in [-0.05, 0) is 17.7 Å². The van der Waals surface area contributed by atoms with Crippen molar-refractivity contribution in [2.45, 2.75) is 17.9 Å². The van der Waals surface area contributed by atoms with Gasteiger partial charge in [0.15, 0.2) is 5.82 Å². The van der Waals surface area contributed by atoms with Gasteiger partial charge in [0.05, 0.1) is 11.6 Å². The second kappa shape index (κ2) is 6.71. The van der Waals surface area contributed by atoms with Crippen molar-refractivity contribution in [3.8, 4) is 0 Å². The molecule has 0 atom stereocenters. The molecule has 0 radical (unpaired) electrons. The van der Waals surface area contributed by atoms with E-state index in [1.165, 1.54) is 12.1 Å². The minimum absolute atomic E-state index is 0.0238. The van der Waals surface area contributed by atoms with Gasteiger partial charge in [-0.2, -0.15) is 4.98 Å². The predicted molar refractivity (Wildman–Crippen MR) is 75.6 cm³/mol. The van der Waals surface area contributed by atoms with E-state index >= 15 is 0 Å². The van der Waals surface area contributed by atoms with E-state index in [4.69, 9.17) is 28.3 Å². The number of hydrogen-bond donors (Lipinski definition) is 2. The van der Waals surface area contributed by atoms with E-state index in [1.807, 2.05) is 0 Å². The van der Waals surface area contributed by atoms with Crippen molar-refractivity contribution in [2.24, 2.45) is 0 Å². The molecule has 0 spiro atoms. The van der Waals surface area contributed by atoms with Crippen LogP contribution in [0.3, 0.4) is 0 Å². The molecule has 114 valence electrons. The fraction of sp³-hybridized carbons (Fsp3) is 0.273. The monoisotopic (exact) mass is 351 g/mol. The van der Waals surface area contributed by atoms with Gasteiger partial charge in [-0.15, -0.1) is 0 Å². The molecule has 1 aromatic heterocycles. The lowest BCUT2D eigenvalue weighted by molar-refractivity contribution is 0.281. The van der Waals surface area contributed by atoms with Crippen LogP contribution in [-0.4, -0.2) is 30.2 Å². The SMILES string of the molecule is O=S(=O)(NCCc1ncon1)c1cc(CO)c(Cl)cc1Cl. The van der Waals surface area contributed by atoms with Gasteiger partial charge in [0.2, 0.25) is 16.4 Å². The Labute approximate surface area is 130 Å². The lowest BCUT2D eigenvalue weighted by Crippen LogP contribution is -2.26. The third-order valence-corrected chi connectivity index (χ3v) is 4.89. The van der Waals surface area contributed by atoms with Crippen LogP contribution in [0, 0.1) is 0 Å². The Morgan fingerprint density at radius 1 is 1.29 bits per heavy atom. The fourth-order valence-electron chi connectivity index (χ4n) is 1.58. The zero-order valence-electron chi connectivity index (χ0n) is 10.6. The molecule has 0 aliphatic carbocycles. The smallest absolute Gasteiger partial charge is 0.242 e. The Kier molecular flexibility index (Phi) is 5.17. The van der Waals surface area contributed by atoms with E-state index in [0.29, 0.717) is 5.82 Å². The molecule has 21 heavy (non-hydrogen) atoms. The van der Waals surface area contributed by atoms with E-state index in [9.17, 15) is 8.42 Å². The van der Waals surface area contributed by atoms with Gasteiger partial charge in [-0.3, -0.25) is 0 Å². The summed E-state index contributed by atoms with van der Waals surface area (Å²) in [4.78, 5) is 3.63. The maximum Gasteiger partial charge on any atom is 0.242 e. The summed E-state index contributed by atoms with van der Waals surface area (Å²) in [6.45, 7) is -0.309. The molecule has 0 amide bonds. The van der Waals surface area contributed by atoms with Gasteiger partial charge < -0.3 is 9.63 Å². The number of aromatic nitrogens is 2. The van der Waals surface area contributed by atoms with E-state index < -0.39 is 10.0 Å². The first-order valence-corrected chi connectivity index (χ1v) is 8.01. The van der Waals surface area contributed by atoms with Crippen LogP contribution in [0.1, 0.15) is 11.4 Å². The van der Waals surface area contributed by atoms with Crippen LogP contribution >= 0.6 is 23.2 Å². The zero-order valence-corrected chi connectivity index (χ0v) is 12.9. The van der Waals surface area contributed by atoms with Gasteiger partial charge in [-0.25, -0.2) is 13.1 Å². The normalized spacial score (nSPS) is 11.8. The number of aliphatic hydroxyl groups is 1. The van der Waals surface area contributed by atoms with Crippen molar-refractivity contribution in [3.63, 3.8) is 0 Å². The molecular formula is C11H11Cl2N3O4S. The van der Waals surface area contributed by atoms with Crippen molar-refractivity contribution >= 4 is 33.2 Å². The highest BCUT2D eigenvalue weighted by Crippen LogP contribution is 2.28. The number of hydrogen-bond acceptors (Lipinski definition) is 6. The van der Waals surface area contributed by atoms with Crippen molar-refractivity contribution in [1.29, 1.82) is 0 Å². The Hall–Kier alpha value is -1.19. The topological polar surface area (TPSA) is 105 Å². The second-order valence-electron chi connectivity index (χ2n) is 4.03. The molecule has 0 aliphatic heterocycles. The van der Waals surface area contributed by atoms with Gasteiger partial charge in [0, 0.05) is 18.0 Å². The minimum atomic E-state index is -3.83. The van der Waals surface area contributed by atoms with Crippen LogP contribution in [0.4, 0.5) is 0 Å². The van der Waals surface area contributed by atoms with Gasteiger partial charge in [-0.1, -0.05) is 28.4 Å². The van der Waals surface area contributed by atoms with Crippen molar-refractivity contribution < 1.29 is 18.0 Å². The van der Waals surface area contributed by atoms with E-state index in [1.54, 1.807) is 0 Å². The van der Waals surface area contributed by atoms with Crippen molar-refractivity contribution in [1.82, 2.24) is 14.9 Å². The quantitative estimate of drug-likeness (QED) is 0.814. The number of aliphatic hydroxyl groups excluding tert-OH is 1. The molecule has 1 aromatic carbocycles. The summed E-state index contributed by atoms with van der Waals surface area (Å²) in [6, 6.07) is 2.52. The van der Waals surface area contributed by atoms with Crippen LogP contribution in [0.5, 0.6) is 0 Å². The second-order valence-corrected chi connectivity index (χ2v) is 6.58. The van der Waals surface area contributed by atoms with Crippen molar-refractivity contribution in [2.75, 3.05) is 6.54 Å². The summed E-state index contributed by atoms with van der Waals surface area (Å²) in [5.41, 5.74) is 0.277. The van der Waals surface area contributed by atoms with Crippen LogP contribution in [0.15, 0.2) is 27.9 Å². The highest BCUT2D eigenvalue weighted by molar-refractivity contribution is 7.89. The summed E-state index contributed by atoms with van der Waals surface area (Å²) in [5, 5.41) is 12.9. The third-order valence-electron chi connectivity index (χ3n) is 2.61. The number of sulfonamides is 1. The lowest BCUT2D eigenvalue weighted by atomic mass is 10.2. The Balaban J connectivity index is 2.15. The molecule has 2 aromatic rings. The summed E-state index contributed by atoms with van der Waals surface area (Å²) in [6.07, 6.45) is 1.43. The molecule has 2 N–H and O–H groups in total. The van der Waals surface area contributed by atoms with Crippen LogP contribution < -0.4 is 4.72 Å². The molecule has 0 saturated heterocycles. The van der Waals surface area contributed by atoms with Gasteiger partial charge >= 0.3 is 0 Å². The minimum Gasteiger partial charge on any atom is -0.392 e. The molecule has 0 saturated carbocycles. The van der Waals surface area contributed by atoms with Crippen LogP contribution in [0.2, 0.25) is 10.0 Å². The van der Waals surface area contributed by atoms with Crippen LogP contribution in [-0.2, 0) is 23.1 Å². The first kappa shape index (κ1) is 16.2. The molecule has 0 aliphatic rings. The Bertz CT molecular complexity index is 719. The zero-order chi connectivity index (χ0) is 15.5. The largest absolute Gasteiger partial charge is 0.392 e. The molecule has 0 bridgehead atoms. The number of rotatable bonds is 6. The Morgan fingerprint density at radius 2 is 2.05 bits per heavy atom. The summed E-state index contributed by atoms with van der Waals surface area (Å²) in [5.74, 6) is 0.385. The van der Waals surface area contributed by atoms with Gasteiger partial charge in [0.25, 0.3) is 0 Å². The highest BCUT2D eigenvalue weighted by atomic mass is 35.5. The number of nitrogens with one attached hydrogen (secondary N) is 1. The first-order chi connectivity index (χ1) is 9.94. The molecule has 7 nitrogen and oxygen atoms in total. The molecule has 0 fully saturated rings. The summed E-state index contributed by atoms with van der Waals surface area (Å²) in [7, 11) is -3.83. The first-order valence-electron chi connectivity index (χ1n) is 5.77. The molecule has 0 unspecified atom stereocenters. The standard InChI is InChI=1S/C11H11Cl2N3O4S/c12-8-4-9(13)10(3-7(8)5-17)21(18,19)15-2-1-11-14-6-20-16-11/h3-4,6,15,17H,1-2,5H2. The molecule has 1 heterocycles. The lowest BCUT2D eigenvalue weighted by Gasteiger charge is -2.10. The molecule has 10 heteroatoms. The number of halogens is 2. The number of benzene rings is 1. The predicted octanol–water partition coefficient (Wildman–Crippen LogP) is 1.39. The van der Waals surface area contributed by atoms with E-state index in [-0.39, 0.29) is 40.1 Å². The van der Waals surface area contributed by atoms with Gasteiger partial charge in [0.1, 0.15) is 4.90 Å². The molecule has 2 rings (SSSR count). The van der Waals surface area contributed by atoms with Crippen LogP contribution in [0.25, 0.3) is 0 Å². The Morgan fingerprint density at radius 3 is 2.67 bits per heavy atom. The fourth-order valence-corrected chi connectivity index (χ4v) is 3.46. The highest BCUT2D eigenvalue weighted by Gasteiger charge is 2.20. The van der Waals surface area contributed by atoms with E-state index in [0.717, 1.165) is 6.39 Å². The van der Waals surface area contributed by atoms with E-state index in [2.05, 4.69) is 19.4 Å². The number of nitrogens with zero attached hydrogens (tertiary/aromatic N) is 2. The summed E-state index contributed by atoms with van der Waals surface area (Å²) >= 11 is 11.7. The third kappa shape index (κ3) is 3.92. The van der Waals surface area contributed by atoms with Crippen molar-refractivity contribution in [3.05, 3.63) is 40.0 Å². The summed E-state index contributed by atoms with van der Waals surface area (Å²) < 4.78 is 31.3. The average Bonchev–Trinajstić information content (AvgIpc) is 2.91. The molecular weight excluding hydrogens is 341 g/mol.